The lowest BCUT2D eigenvalue weighted by Gasteiger charge is -2.23. The fourth-order valence-corrected chi connectivity index (χ4v) is 13.4. The van der Waals surface area contributed by atoms with Crippen molar-refractivity contribution in [2.24, 2.45) is 0 Å². The van der Waals surface area contributed by atoms with E-state index in [0.717, 1.165) is 189 Å². The Kier molecular flexibility index (Phi) is 15.3. The number of hydrogen-bond donors (Lipinski definition) is 2. The molecule has 0 aliphatic carbocycles. The topological polar surface area (TPSA) is 127 Å². The van der Waals surface area contributed by atoms with Crippen LogP contribution in [0.4, 0.5) is 0 Å². The van der Waals surface area contributed by atoms with Gasteiger partial charge in [-0.15, -0.1) is 13.2 Å². The van der Waals surface area contributed by atoms with Gasteiger partial charge in [0.25, 0.3) is 0 Å². The molecule has 12 aliphatic heterocycles. The van der Waals surface area contributed by atoms with Crippen molar-refractivity contribution in [2.45, 2.75) is 38.5 Å². The summed E-state index contributed by atoms with van der Waals surface area (Å²) in [5.74, 6) is 1.43. The molecule has 2 N–H and O–H groups in total. The molecule has 6 aromatic carbocycles. The third-order valence-electron chi connectivity index (χ3n) is 18.0. The number of aromatic nitrogens is 8. The Morgan fingerprint density at radius 3 is 1.37 bits per heavy atom. The van der Waals surface area contributed by atoms with Gasteiger partial charge in [-0.3, -0.25) is 9.97 Å². The molecule has 0 amide bonds. The summed E-state index contributed by atoms with van der Waals surface area (Å²) < 4.78 is 14.6. The Labute approximate surface area is 541 Å². The highest BCUT2D eigenvalue weighted by Crippen LogP contribution is 2.48. The summed E-state index contributed by atoms with van der Waals surface area (Å²) in [7, 11) is 0. The second-order valence-electron chi connectivity index (χ2n) is 24.1. The number of H-pyrrole nitrogens is 2. The van der Waals surface area contributed by atoms with Gasteiger partial charge in [-0.25, -0.2) is 19.9 Å². The predicted octanol–water partition coefficient (Wildman–Crippen LogP) is 17.7. The van der Waals surface area contributed by atoms with E-state index in [1.54, 1.807) is 0 Å². The van der Waals surface area contributed by atoms with Crippen molar-refractivity contribution in [2.75, 3.05) is 13.2 Å². The van der Waals surface area contributed by atoms with Gasteiger partial charge in [-0.2, -0.15) is 0 Å². The molecule has 0 saturated carbocycles. The molecule has 10 heteroatoms. The van der Waals surface area contributed by atoms with E-state index in [9.17, 15) is 0 Å². The van der Waals surface area contributed by atoms with Crippen LogP contribution >= 0.6 is 0 Å². The number of allylic oxidation sites excluding steroid dienone is 2. The number of ether oxygens (including phenoxy) is 2. The van der Waals surface area contributed by atoms with Crippen molar-refractivity contribution < 1.29 is 9.47 Å². The molecule has 19 heterocycles. The van der Waals surface area contributed by atoms with Crippen LogP contribution in [0.2, 0.25) is 0 Å². The lowest BCUT2D eigenvalue weighted by molar-refractivity contribution is 0.294. The van der Waals surface area contributed by atoms with E-state index in [1.807, 2.05) is 49.1 Å². The molecule has 452 valence electrons. The van der Waals surface area contributed by atoms with Gasteiger partial charge in [0.1, 0.15) is 11.5 Å². The molecule has 0 saturated heterocycles. The summed E-state index contributed by atoms with van der Waals surface area (Å²) in [5.41, 5.74) is 14.3. The van der Waals surface area contributed by atoms with Crippen molar-refractivity contribution in [3.63, 3.8) is 0 Å². The van der Waals surface area contributed by atoms with Crippen LogP contribution < -0.4 is 9.47 Å². The van der Waals surface area contributed by atoms with E-state index in [-0.39, 0.29) is 0 Å². The number of nitrogens with one attached hydrogen (secondary N) is 2. The third kappa shape index (κ3) is 11.3. The average Bonchev–Trinajstić information content (AvgIpc) is 1.39. The summed E-state index contributed by atoms with van der Waals surface area (Å²) in [4.78, 5) is 38.5. The minimum absolute atomic E-state index is 0.430. The Hall–Kier alpha value is -11.9. The Bertz CT molecular complexity index is 5770. The smallest absolute Gasteiger partial charge is 0.134 e. The van der Waals surface area contributed by atoms with Crippen molar-refractivity contribution in [3.05, 3.63) is 352 Å². The molecule has 7 aromatic heterocycles. The van der Waals surface area contributed by atoms with Crippen LogP contribution in [0.1, 0.15) is 57.9 Å². The van der Waals surface area contributed by atoms with Gasteiger partial charge < -0.3 is 19.4 Å². The van der Waals surface area contributed by atoms with Crippen LogP contribution in [0, 0.1) is 62.9 Å². The van der Waals surface area contributed by atoms with E-state index in [4.69, 9.17) is 29.4 Å². The van der Waals surface area contributed by atoms with Crippen LogP contribution in [0.25, 0.3) is 79.3 Å². The number of aryl methyl sites for hydroxylation is 2. The lowest BCUT2D eigenvalue weighted by atomic mass is 9.92. The Balaban J connectivity index is 1.02. The van der Waals surface area contributed by atoms with Crippen LogP contribution in [0.15, 0.2) is 244 Å². The second-order valence-corrected chi connectivity index (χ2v) is 24.1. The highest BCUT2D eigenvalue weighted by molar-refractivity contribution is 6.02. The molecule has 12 aliphatic rings. The molecule has 13 aromatic rings. The summed E-state index contributed by atoms with van der Waals surface area (Å²) in [5, 5.41) is 14.1. The monoisotopic (exact) mass is 1220 g/mol. The normalized spacial score (nSPS) is 12.0. The van der Waals surface area contributed by atoms with Crippen molar-refractivity contribution >= 4 is 68.2 Å². The molecule has 94 heavy (non-hydrogen) atoms. The van der Waals surface area contributed by atoms with Crippen LogP contribution in [-0.4, -0.2) is 53.1 Å². The quantitative estimate of drug-likeness (QED) is 0.0590. The average molecular weight is 1220 g/mol. The molecule has 0 fully saturated rings. The fourth-order valence-electron chi connectivity index (χ4n) is 13.4. The molecule has 0 spiro atoms. The van der Waals surface area contributed by atoms with E-state index in [2.05, 4.69) is 239 Å². The Morgan fingerprint density at radius 2 is 0.851 bits per heavy atom. The summed E-state index contributed by atoms with van der Waals surface area (Å²) in [6, 6.07) is 68.9. The van der Waals surface area contributed by atoms with Crippen LogP contribution in [0.5, 0.6) is 11.5 Å². The summed E-state index contributed by atoms with van der Waals surface area (Å²) >= 11 is 0. The van der Waals surface area contributed by atoms with Gasteiger partial charge in [0.15, 0.2) is 0 Å². The van der Waals surface area contributed by atoms with Crippen molar-refractivity contribution in [1.82, 2.24) is 39.9 Å². The number of hydrogen-bond acceptors (Lipinski definition) is 8. The predicted molar refractivity (Wildman–Crippen MR) is 377 cm³/mol. The maximum atomic E-state index is 7.28. The molecule has 22 bridgehead atoms. The standard InChI is InChI=1S/C84H64N8O2/c1-3-9-65-49-66(10-4-2)84(94-48-8-14-54-12-6-46-86-52-54)80(83(65)93-47-7-13-53-11-5-45-85-51-53)79-75-43-41-73(89-75)77-61-27-19-57(20-28-61)55-15-23-59(24-16-55)69-37-33-63-31-32-64-34-38-70(92-82(64)81(63)91-69)60-25-17-56(18-26-60)58-21-29-62(30-22-58)78(74-42-44-76(79)90-74)72-40-36-68(88-72)50-67-35-39-71(77)87-67/h3-6,11-12,15-46,49-52,87,90H,1-2,7-10,13-14,47-48H2. The summed E-state index contributed by atoms with van der Waals surface area (Å²) in [6.07, 6.45) is 24.1. The Morgan fingerprint density at radius 1 is 0.394 bits per heavy atom. The minimum atomic E-state index is 0.430. The molecule has 0 atom stereocenters. The largest absolute Gasteiger partial charge is 0.492 e. The first kappa shape index (κ1) is 57.3. The van der Waals surface area contributed by atoms with E-state index in [1.165, 1.54) is 0 Å². The maximum Gasteiger partial charge on any atom is 0.134 e. The molecular weight excluding hydrogens is 1150 g/mol. The molecule has 0 radical (unpaired) electrons. The highest BCUT2D eigenvalue weighted by atomic mass is 16.5. The van der Waals surface area contributed by atoms with Gasteiger partial charge in [0.2, 0.25) is 0 Å². The van der Waals surface area contributed by atoms with E-state index >= 15 is 0 Å². The van der Waals surface area contributed by atoms with E-state index in [0.29, 0.717) is 37.6 Å². The zero-order valence-corrected chi connectivity index (χ0v) is 51.8. The van der Waals surface area contributed by atoms with Gasteiger partial charge in [-0.1, -0.05) is 146 Å². The van der Waals surface area contributed by atoms with Crippen LogP contribution in [-0.2, 0) is 25.7 Å². The van der Waals surface area contributed by atoms with Gasteiger partial charge in [0, 0.05) is 84.1 Å². The molecule has 0 unspecified atom stereocenters. The number of nitrogens with zero attached hydrogens (tertiary/aromatic N) is 6. The third-order valence-corrected chi connectivity index (χ3v) is 18.0. The summed E-state index contributed by atoms with van der Waals surface area (Å²) in [6.45, 7) is 9.44. The molecule has 25 rings (SSSR count). The zero-order valence-electron chi connectivity index (χ0n) is 51.8. The minimum Gasteiger partial charge on any atom is -0.492 e. The van der Waals surface area contributed by atoms with Gasteiger partial charge in [-0.05, 0) is 177 Å². The highest BCUT2D eigenvalue weighted by Gasteiger charge is 2.26. The SMILES string of the molecule is C=CCc1cc(CC=C)c(OCCCc2cccnc2)c(-c2c3nc(c4c5ccc(cc6nc(c(c7ccc2[nH]7)=c2ccc(cc2)=c2ccc(cc2)=c2ccc7ccc8ccc(nc8c7n2)=c2ccc(cc2)=c2ccc=4cc2)C=C6)[nH]5)C=C3)c1OCCCc1cccnc1. The first-order valence-corrected chi connectivity index (χ1v) is 32.2. The lowest BCUT2D eigenvalue weighted by Crippen LogP contribution is -2.09. The number of aromatic amines is 2. The number of benzene rings is 6. The van der Waals surface area contributed by atoms with E-state index < -0.39 is 0 Å². The maximum absolute atomic E-state index is 7.28. The second kappa shape index (κ2) is 25.1. The molecule has 10 nitrogen and oxygen atoms in total. The van der Waals surface area contributed by atoms with Gasteiger partial charge >= 0.3 is 0 Å². The number of rotatable bonds is 15. The number of pyridine rings is 4. The van der Waals surface area contributed by atoms with Gasteiger partial charge in [0.05, 0.1) is 63.3 Å². The van der Waals surface area contributed by atoms with Crippen LogP contribution in [0.3, 0.4) is 0 Å². The fraction of sp³-hybridized carbons (Fsp3) is 0.0952. The first-order chi connectivity index (χ1) is 46.4. The first-order valence-electron chi connectivity index (χ1n) is 32.2. The van der Waals surface area contributed by atoms with Crippen molar-refractivity contribution in [3.8, 4) is 22.6 Å². The zero-order chi connectivity index (χ0) is 62.9. The van der Waals surface area contributed by atoms with Crippen molar-refractivity contribution in [1.29, 1.82) is 0 Å². The molecular formula is C84H64N8O2.